The fourth-order valence-corrected chi connectivity index (χ4v) is 2.17. The van der Waals surface area contributed by atoms with Gasteiger partial charge < -0.3 is 40.9 Å². The predicted molar refractivity (Wildman–Crippen MR) is 105 cm³/mol. The molecule has 0 bridgehead atoms. The van der Waals surface area contributed by atoms with E-state index in [2.05, 4.69) is 0 Å². The second-order valence-corrected chi connectivity index (χ2v) is 7.75. The largest absolute Gasteiger partial charge is 0.481 e. The van der Waals surface area contributed by atoms with Crippen molar-refractivity contribution in [2.24, 2.45) is 0 Å². The number of benzene rings is 1. The summed E-state index contributed by atoms with van der Waals surface area (Å²) in [6.45, 7) is 1.84. The molecule has 0 amide bonds. The molecule has 2 unspecified atom stereocenters. The van der Waals surface area contributed by atoms with Crippen LogP contribution in [-0.2, 0) is 34.1 Å². The monoisotopic (exact) mass is 514 g/mol. The number of hydrogen-bond acceptors (Lipinski definition) is 10. The number of hydrogen-bond donors (Lipinski definition) is 9. The maximum atomic E-state index is 10.5. The number of carboxylic acids is 5. The molecule has 192 valence electrons. The highest BCUT2D eigenvalue weighted by atomic mass is 32.2. The van der Waals surface area contributed by atoms with Gasteiger partial charge in [-0.3, -0.25) is 14.1 Å². The van der Waals surface area contributed by atoms with Crippen molar-refractivity contribution in [1.82, 2.24) is 0 Å². The first-order chi connectivity index (χ1) is 15.2. The van der Waals surface area contributed by atoms with E-state index in [1.54, 1.807) is 12.1 Å². The molecular formula is C17H22O16S. The van der Waals surface area contributed by atoms with E-state index < -0.39 is 70.6 Å². The zero-order chi connectivity index (χ0) is 27.4. The lowest BCUT2D eigenvalue weighted by Gasteiger charge is -2.18. The molecule has 0 fully saturated rings. The number of carbonyl (C=O) groups is 5. The van der Waals surface area contributed by atoms with Gasteiger partial charge in [-0.25, -0.2) is 14.4 Å². The number of aliphatic hydroxyl groups excluding tert-OH is 2. The van der Waals surface area contributed by atoms with Crippen LogP contribution in [0.15, 0.2) is 29.2 Å². The second-order valence-electron chi connectivity index (χ2n) is 6.33. The van der Waals surface area contributed by atoms with Crippen LogP contribution in [0.1, 0.15) is 18.4 Å². The first kappa shape index (κ1) is 32.5. The zero-order valence-corrected chi connectivity index (χ0v) is 18.0. The molecule has 0 saturated carbocycles. The molecule has 2 atom stereocenters. The molecule has 17 heteroatoms. The van der Waals surface area contributed by atoms with Crippen LogP contribution in [0.4, 0.5) is 0 Å². The fraction of sp³-hybridized carbons (Fsp3) is 0.353. The number of aliphatic carboxylic acids is 5. The Labute approximate surface area is 190 Å². The van der Waals surface area contributed by atoms with E-state index in [0.717, 1.165) is 5.56 Å². The van der Waals surface area contributed by atoms with E-state index in [0.29, 0.717) is 0 Å². The quantitative estimate of drug-likeness (QED) is 0.159. The Balaban J connectivity index is 0. The minimum Gasteiger partial charge on any atom is -0.481 e. The molecule has 0 aliphatic carbocycles. The average molecular weight is 514 g/mol. The van der Waals surface area contributed by atoms with E-state index in [1.165, 1.54) is 12.1 Å². The Kier molecular flexibility index (Phi) is 13.2. The lowest BCUT2D eigenvalue weighted by Crippen LogP contribution is -2.42. The third-order valence-electron chi connectivity index (χ3n) is 3.41. The van der Waals surface area contributed by atoms with E-state index in [1.807, 2.05) is 6.92 Å². The van der Waals surface area contributed by atoms with Crippen LogP contribution in [-0.4, -0.2) is 101 Å². The number of aryl methyl sites for hydroxylation is 1. The summed E-state index contributed by atoms with van der Waals surface area (Å²) in [4.78, 5) is 50.0. The van der Waals surface area contributed by atoms with Gasteiger partial charge in [0.1, 0.15) is 0 Å². The van der Waals surface area contributed by atoms with E-state index in [-0.39, 0.29) is 4.90 Å². The van der Waals surface area contributed by atoms with Crippen LogP contribution in [0.5, 0.6) is 0 Å². The first-order valence-corrected chi connectivity index (χ1v) is 9.94. The van der Waals surface area contributed by atoms with Gasteiger partial charge in [0, 0.05) is 0 Å². The molecule has 0 aliphatic rings. The summed E-state index contributed by atoms with van der Waals surface area (Å²) in [5.41, 5.74) is -1.78. The van der Waals surface area contributed by atoms with E-state index in [9.17, 15) is 32.4 Å². The van der Waals surface area contributed by atoms with Crippen LogP contribution in [0.3, 0.4) is 0 Å². The fourth-order valence-electron chi connectivity index (χ4n) is 1.69. The third kappa shape index (κ3) is 13.0. The topological polar surface area (TPSA) is 302 Å². The second kappa shape index (κ2) is 13.8. The standard InChI is InChI=1S/C7H8O3S.C6H8O7.C4H6O6/c1-6-2-4-7(5-3-6)11(8,9)10;7-3(8)1-6(13,5(11)12)2-4(9)10;5-1(3(7)8)2(6)4(9)10/h2-5H,1H3,(H,8,9,10);13H,1-2H2,(H,7,8)(H,9,10)(H,11,12);1-2,5-6H,(H,7,8)(H,9,10). The molecule has 0 aliphatic heterocycles. The minimum absolute atomic E-state index is 0.0666. The summed E-state index contributed by atoms with van der Waals surface area (Å²) in [5, 5.41) is 66.3. The summed E-state index contributed by atoms with van der Waals surface area (Å²) in [5.74, 6) is -8.56. The normalized spacial score (nSPS) is 12.5. The molecule has 0 saturated heterocycles. The lowest BCUT2D eigenvalue weighted by atomic mass is 9.96. The molecule has 0 radical (unpaired) electrons. The molecule has 1 rings (SSSR count). The van der Waals surface area contributed by atoms with Crippen molar-refractivity contribution in [3.63, 3.8) is 0 Å². The van der Waals surface area contributed by atoms with Gasteiger partial charge in [0.05, 0.1) is 17.7 Å². The van der Waals surface area contributed by atoms with Crippen LogP contribution < -0.4 is 0 Å². The molecule has 0 aromatic heterocycles. The number of rotatable bonds is 9. The highest BCUT2D eigenvalue weighted by molar-refractivity contribution is 7.85. The SMILES string of the molecule is Cc1ccc(S(=O)(=O)O)cc1.O=C(O)C(O)C(O)C(=O)O.O=C(O)CC(O)(CC(=O)O)C(=O)O. The molecule has 0 heterocycles. The Morgan fingerprint density at radius 1 is 0.794 bits per heavy atom. The van der Waals surface area contributed by atoms with E-state index in [4.69, 9.17) is 45.4 Å². The van der Waals surface area contributed by atoms with Crippen molar-refractivity contribution in [3.05, 3.63) is 29.8 Å². The van der Waals surface area contributed by atoms with Gasteiger partial charge in [0.25, 0.3) is 10.1 Å². The molecule has 34 heavy (non-hydrogen) atoms. The average Bonchev–Trinajstić information content (AvgIpc) is 2.65. The maximum Gasteiger partial charge on any atom is 0.336 e. The van der Waals surface area contributed by atoms with Crippen molar-refractivity contribution in [3.8, 4) is 0 Å². The Bertz CT molecular complexity index is 947. The van der Waals surface area contributed by atoms with Gasteiger partial charge in [-0.2, -0.15) is 8.42 Å². The van der Waals surface area contributed by atoms with Gasteiger partial charge >= 0.3 is 29.8 Å². The zero-order valence-electron chi connectivity index (χ0n) is 17.2. The molecule has 0 spiro atoms. The Morgan fingerprint density at radius 2 is 1.12 bits per heavy atom. The van der Waals surface area contributed by atoms with Crippen molar-refractivity contribution in [2.45, 2.75) is 42.5 Å². The van der Waals surface area contributed by atoms with Crippen LogP contribution >= 0.6 is 0 Å². The van der Waals surface area contributed by atoms with Gasteiger partial charge in [0.2, 0.25) is 0 Å². The number of carboxylic acid groups (broad SMARTS) is 5. The molecule has 1 aromatic rings. The van der Waals surface area contributed by atoms with Gasteiger partial charge in [-0.15, -0.1) is 0 Å². The predicted octanol–water partition coefficient (Wildman–Crippen LogP) is -2.13. The van der Waals surface area contributed by atoms with Crippen LogP contribution in [0, 0.1) is 6.92 Å². The van der Waals surface area contributed by atoms with Crippen molar-refractivity contribution < 1.29 is 77.8 Å². The Hall–Kier alpha value is -3.64. The van der Waals surface area contributed by atoms with Crippen molar-refractivity contribution in [2.75, 3.05) is 0 Å². The number of aliphatic hydroxyl groups is 3. The van der Waals surface area contributed by atoms with Gasteiger partial charge in [-0.1, -0.05) is 17.7 Å². The van der Waals surface area contributed by atoms with Gasteiger partial charge in [0.15, 0.2) is 17.8 Å². The lowest BCUT2D eigenvalue weighted by molar-refractivity contribution is -0.170. The summed E-state index contributed by atoms with van der Waals surface area (Å²) in [6, 6.07) is 5.99. The smallest absolute Gasteiger partial charge is 0.336 e. The molecule has 9 N–H and O–H groups in total. The maximum absolute atomic E-state index is 10.5. The molecular weight excluding hydrogens is 492 g/mol. The first-order valence-electron chi connectivity index (χ1n) is 8.49. The summed E-state index contributed by atoms with van der Waals surface area (Å²) in [6.07, 6.45) is -6.82. The van der Waals surface area contributed by atoms with E-state index >= 15 is 0 Å². The summed E-state index contributed by atoms with van der Waals surface area (Å²) in [7, 11) is -4.02. The molecule has 16 nitrogen and oxygen atoms in total. The molecule has 1 aromatic carbocycles. The van der Waals surface area contributed by atoms with Crippen LogP contribution in [0.2, 0.25) is 0 Å². The van der Waals surface area contributed by atoms with Crippen molar-refractivity contribution in [1.29, 1.82) is 0 Å². The highest BCUT2D eigenvalue weighted by Crippen LogP contribution is 2.15. The summed E-state index contributed by atoms with van der Waals surface area (Å²) >= 11 is 0. The third-order valence-corrected chi connectivity index (χ3v) is 4.28. The minimum atomic E-state index is -4.02. The van der Waals surface area contributed by atoms with Gasteiger partial charge in [-0.05, 0) is 19.1 Å². The van der Waals surface area contributed by atoms with Crippen LogP contribution in [0.25, 0.3) is 0 Å². The van der Waals surface area contributed by atoms with Crippen molar-refractivity contribution >= 4 is 40.0 Å². The Morgan fingerprint density at radius 3 is 1.32 bits per heavy atom. The highest BCUT2D eigenvalue weighted by Gasteiger charge is 2.40. The summed E-state index contributed by atoms with van der Waals surface area (Å²) < 4.78 is 29.6.